The summed E-state index contributed by atoms with van der Waals surface area (Å²) in [5, 5.41) is 17.2. The van der Waals surface area contributed by atoms with Gasteiger partial charge in [-0.25, -0.2) is 8.42 Å². The van der Waals surface area contributed by atoms with Gasteiger partial charge in [0.2, 0.25) is 10.0 Å². The Kier molecular flexibility index (Phi) is 3.25. The zero-order valence-corrected chi connectivity index (χ0v) is 8.00. The maximum atomic E-state index is 11.4. The molecule has 0 spiro atoms. The van der Waals surface area contributed by atoms with Gasteiger partial charge in [0.15, 0.2) is 5.75 Å². The molecular formula is C7H12N2O3S. The summed E-state index contributed by atoms with van der Waals surface area (Å²) >= 11 is 0. The first-order valence-corrected chi connectivity index (χ1v) is 5.70. The molecule has 0 aliphatic carbocycles. The Labute approximate surface area is 77.6 Å². The van der Waals surface area contributed by atoms with E-state index in [1.165, 1.54) is 4.31 Å². The molecule has 1 unspecified atom stereocenters. The Hall–Kier alpha value is -0.640. The Bertz CT molecular complexity index is 306. The molecule has 0 aromatic rings. The van der Waals surface area contributed by atoms with Crippen LogP contribution in [0.4, 0.5) is 0 Å². The van der Waals surface area contributed by atoms with Crippen LogP contribution in [0.15, 0.2) is 0 Å². The largest absolute Gasteiger partial charge is 0.395 e. The minimum atomic E-state index is -3.46. The first-order chi connectivity index (χ1) is 6.11. The molecule has 1 aliphatic heterocycles. The number of hydrogen-bond acceptors (Lipinski definition) is 4. The van der Waals surface area contributed by atoms with Crippen molar-refractivity contribution >= 4 is 10.0 Å². The number of hydrogen-bond donors (Lipinski definition) is 1. The minimum absolute atomic E-state index is 0.162. The summed E-state index contributed by atoms with van der Waals surface area (Å²) in [6.45, 7) is 0.264. The van der Waals surface area contributed by atoms with Crippen LogP contribution in [0.25, 0.3) is 0 Å². The molecule has 1 saturated heterocycles. The van der Waals surface area contributed by atoms with E-state index in [-0.39, 0.29) is 12.6 Å². The Balaban J connectivity index is 2.77. The predicted octanol–water partition coefficient (Wildman–Crippen LogP) is -0.704. The van der Waals surface area contributed by atoms with Crippen LogP contribution >= 0.6 is 0 Å². The maximum Gasteiger partial charge on any atom is 0.227 e. The molecule has 1 atom stereocenters. The highest BCUT2D eigenvalue weighted by Gasteiger charge is 2.33. The molecule has 1 rings (SSSR count). The minimum Gasteiger partial charge on any atom is -0.395 e. The molecule has 0 aromatic carbocycles. The fourth-order valence-corrected chi connectivity index (χ4v) is 2.88. The molecule has 1 fully saturated rings. The van der Waals surface area contributed by atoms with Gasteiger partial charge in [-0.2, -0.15) is 9.57 Å². The average molecular weight is 204 g/mol. The van der Waals surface area contributed by atoms with E-state index in [9.17, 15) is 8.42 Å². The van der Waals surface area contributed by atoms with E-state index in [1.54, 1.807) is 6.07 Å². The number of rotatable bonds is 3. The van der Waals surface area contributed by atoms with E-state index in [1.807, 2.05) is 0 Å². The number of aliphatic hydroxyl groups excluding tert-OH is 1. The highest BCUT2D eigenvalue weighted by molar-refractivity contribution is 7.89. The van der Waals surface area contributed by atoms with Crippen molar-refractivity contribution in [1.82, 2.24) is 4.31 Å². The second-order valence-electron chi connectivity index (χ2n) is 3.00. The molecule has 5 nitrogen and oxygen atoms in total. The van der Waals surface area contributed by atoms with Gasteiger partial charge in [0.25, 0.3) is 0 Å². The Morgan fingerprint density at radius 1 is 1.62 bits per heavy atom. The average Bonchev–Trinajstić information content (AvgIpc) is 2.51. The molecule has 74 valence electrons. The fourth-order valence-electron chi connectivity index (χ4n) is 1.52. The number of sulfonamides is 1. The van der Waals surface area contributed by atoms with Crippen LogP contribution in [0.2, 0.25) is 0 Å². The second kappa shape index (κ2) is 4.05. The summed E-state index contributed by atoms with van der Waals surface area (Å²) < 4.78 is 24.0. The van der Waals surface area contributed by atoms with E-state index in [0.29, 0.717) is 13.0 Å². The number of aliphatic hydroxyl groups is 1. The SMILES string of the molecule is N#CCS(=O)(=O)N1CCCC1CO. The zero-order valence-electron chi connectivity index (χ0n) is 7.18. The van der Waals surface area contributed by atoms with Crippen molar-refractivity contribution in [2.45, 2.75) is 18.9 Å². The van der Waals surface area contributed by atoms with Crippen molar-refractivity contribution in [2.24, 2.45) is 0 Å². The molecule has 0 aromatic heterocycles. The number of nitrogens with zero attached hydrogens (tertiary/aromatic N) is 2. The monoisotopic (exact) mass is 204 g/mol. The molecule has 1 N–H and O–H groups in total. The summed E-state index contributed by atoms with van der Waals surface area (Å²) in [6.07, 6.45) is 1.44. The van der Waals surface area contributed by atoms with Crippen LogP contribution in [-0.4, -0.2) is 42.8 Å². The molecule has 0 radical (unpaired) electrons. The lowest BCUT2D eigenvalue weighted by molar-refractivity contribution is 0.214. The van der Waals surface area contributed by atoms with E-state index in [0.717, 1.165) is 6.42 Å². The van der Waals surface area contributed by atoms with Gasteiger partial charge in [-0.15, -0.1) is 0 Å². The molecule has 0 bridgehead atoms. The van der Waals surface area contributed by atoms with Crippen LogP contribution < -0.4 is 0 Å². The smallest absolute Gasteiger partial charge is 0.227 e. The van der Waals surface area contributed by atoms with Gasteiger partial charge in [0.1, 0.15) is 0 Å². The van der Waals surface area contributed by atoms with Gasteiger partial charge < -0.3 is 5.11 Å². The van der Waals surface area contributed by atoms with Crippen LogP contribution in [0.1, 0.15) is 12.8 Å². The van der Waals surface area contributed by atoms with E-state index in [2.05, 4.69) is 0 Å². The van der Waals surface area contributed by atoms with Gasteiger partial charge in [-0.3, -0.25) is 0 Å². The molecule has 0 amide bonds. The zero-order chi connectivity index (χ0) is 9.90. The molecule has 0 saturated carbocycles. The van der Waals surface area contributed by atoms with E-state index < -0.39 is 15.8 Å². The summed E-state index contributed by atoms with van der Waals surface area (Å²) in [6, 6.07) is 1.30. The van der Waals surface area contributed by atoms with Crippen molar-refractivity contribution in [2.75, 3.05) is 18.9 Å². The standard InChI is InChI=1S/C7H12N2O3S/c8-3-5-13(11,12)9-4-1-2-7(9)6-10/h7,10H,1-2,4-6H2. The normalized spacial score (nSPS) is 24.5. The third-order valence-corrected chi connectivity index (χ3v) is 3.83. The summed E-state index contributed by atoms with van der Waals surface area (Å²) in [4.78, 5) is 0. The second-order valence-corrected chi connectivity index (χ2v) is 4.93. The molecule has 1 heterocycles. The van der Waals surface area contributed by atoms with Crippen molar-refractivity contribution < 1.29 is 13.5 Å². The number of nitriles is 1. The topological polar surface area (TPSA) is 81.4 Å². The van der Waals surface area contributed by atoms with Crippen molar-refractivity contribution in [1.29, 1.82) is 5.26 Å². The Morgan fingerprint density at radius 2 is 2.31 bits per heavy atom. The Morgan fingerprint density at radius 3 is 2.85 bits per heavy atom. The van der Waals surface area contributed by atoms with E-state index >= 15 is 0 Å². The van der Waals surface area contributed by atoms with E-state index in [4.69, 9.17) is 10.4 Å². The first-order valence-electron chi connectivity index (χ1n) is 4.09. The molecular weight excluding hydrogens is 192 g/mol. The first kappa shape index (κ1) is 10.4. The lowest BCUT2D eigenvalue weighted by Crippen LogP contribution is -2.38. The lowest BCUT2D eigenvalue weighted by Gasteiger charge is -2.20. The third-order valence-electron chi connectivity index (χ3n) is 2.14. The van der Waals surface area contributed by atoms with Gasteiger partial charge in [0, 0.05) is 12.6 Å². The van der Waals surface area contributed by atoms with Crippen molar-refractivity contribution in [3.8, 4) is 6.07 Å². The van der Waals surface area contributed by atoms with Crippen molar-refractivity contribution in [3.05, 3.63) is 0 Å². The molecule has 13 heavy (non-hydrogen) atoms. The predicted molar refractivity (Wildman–Crippen MR) is 46.2 cm³/mol. The van der Waals surface area contributed by atoms with Crippen molar-refractivity contribution in [3.63, 3.8) is 0 Å². The van der Waals surface area contributed by atoms with Gasteiger partial charge in [0.05, 0.1) is 12.7 Å². The van der Waals surface area contributed by atoms with Gasteiger partial charge in [-0.1, -0.05) is 0 Å². The lowest BCUT2D eigenvalue weighted by atomic mass is 10.2. The maximum absolute atomic E-state index is 11.4. The summed E-state index contributed by atoms with van der Waals surface area (Å²) in [5.41, 5.74) is 0. The summed E-state index contributed by atoms with van der Waals surface area (Å²) in [7, 11) is -3.46. The highest BCUT2D eigenvalue weighted by Crippen LogP contribution is 2.20. The quantitative estimate of drug-likeness (QED) is 0.659. The highest BCUT2D eigenvalue weighted by atomic mass is 32.2. The molecule has 6 heteroatoms. The summed E-state index contributed by atoms with van der Waals surface area (Å²) in [5.74, 6) is -0.497. The van der Waals surface area contributed by atoms with Crippen LogP contribution in [0.3, 0.4) is 0 Å². The van der Waals surface area contributed by atoms with Crippen LogP contribution in [0.5, 0.6) is 0 Å². The molecule has 1 aliphatic rings. The van der Waals surface area contributed by atoms with Crippen LogP contribution in [-0.2, 0) is 10.0 Å². The third kappa shape index (κ3) is 2.18. The van der Waals surface area contributed by atoms with Gasteiger partial charge in [-0.05, 0) is 12.8 Å². The fraction of sp³-hybridized carbons (Fsp3) is 0.857. The van der Waals surface area contributed by atoms with Gasteiger partial charge >= 0.3 is 0 Å². The van der Waals surface area contributed by atoms with Crippen LogP contribution in [0, 0.1) is 11.3 Å².